The van der Waals surface area contributed by atoms with E-state index >= 15 is 0 Å². The van der Waals surface area contributed by atoms with Crippen LogP contribution in [0.2, 0.25) is 0 Å². The van der Waals surface area contributed by atoms with Gasteiger partial charge in [0.25, 0.3) is 5.91 Å². The van der Waals surface area contributed by atoms with Gasteiger partial charge in [-0.2, -0.15) is 0 Å². The standard InChI is InChI=1S/C21H33N3O4/c1-16(17(2)25)24-12-13-28-18(15-24)14-22-8-10-23(11-9-22)21(26)19-6-4-5-7-20(19)27-3/h4-7,16-18,25H,8-15H2,1-3H3. The second-order valence-corrected chi connectivity index (χ2v) is 7.76. The number of piperazine rings is 1. The van der Waals surface area contributed by atoms with Crippen molar-refractivity contribution in [1.82, 2.24) is 14.7 Å². The second-order valence-electron chi connectivity index (χ2n) is 7.76. The van der Waals surface area contributed by atoms with Crippen LogP contribution in [0.5, 0.6) is 5.75 Å². The molecule has 2 saturated heterocycles. The van der Waals surface area contributed by atoms with Crippen molar-refractivity contribution in [2.45, 2.75) is 32.1 Å². The fourth-order valence-corrected chi connectivity index (χ4v) is 3.94. The van der Waals surface area contributed by atoms with Crippen molar-refractivity contribution in [3.8, 4) is 5.75 Å². The summed E-state index contributed by atoms with van der Waals surface area (Å²) in [6, 6.07) is 7.53. The Morgan fingerprint density at radius 2 is 1.93 bits per heavy atom. The quantitative estimate of drug-likeness (QED) is 0.778. The summed E-state index contributed by atoms with van der Waals surface area (Å²) >= 11 is 0. The van der Waals surface area contributed by atoms with Gasteiger partial charge in [0.15, 0.2) is 0 Å². The zero-order chi connectivity index (χ0) is 20.1. The van der Waals surface area contributed by atoms with Gasteiger partial charge in [0.2, 0.25) is 0 Å². The normalized spacial score (nSPS) is 24.0. The molecule has 3 atom stereocenters. The van der Waals surface area contributed by atoms with E-state index in [1.807, 2.05) is 36.1 Å². The number of aliphatic hydroxyl groups excluding tert-OH is 1. The third kappa shape index (κ3) is 5.03. The van der Waals surface area contributed by atoms with Gasteiger partial charge in [0, 0.05) is 51.9 Å². The molecule has 28 heavy (non-hydrogen) atoms. The molecule has 2 aliphatic rings. The first-order valence-electron chi connectivity index (χ1n) is 10.2. The van der Waals surface area contributed by atoms with Crippen molar-refractivity contribution < 1.29 is 19.4 Å². The van der Waals surface area contributed by atoms with E-state index in [1.165, 1.54) is 0 Å². The number of methoxy groups -OCH3 is 1. The Bertz CT molecular complexity index is 646. The molecule has 1 N–H and O–H groups in total. The maximum atomic E-state index is 12.8. The molecule has 0 bridgehead atoms. The first-order chi connectivity index (χ1) is 13.5. The molecule has 7 nitrogen and oxygen atoms in total. The number of para-hydroxylation sites is 1. The van der Waals surface area contributed by atoms with Crippen molar-refractivity contribution in [3.05, 3.63) is 29.8 Å². The van der Waals surface area contributed by atoms with Crippen molar-refractivity contribution in [2.75, 3.05) is 59.5 Å². The van der Waals surface area contributed by atoms with E-state index in [0.717, 1.165) is 32.7 Å². The highest BCUT2D eigenvalue weighted by Crippen LogP contribution is 2.20. The van der Waals surface area contributed by atoms with Crippen LogP contribution >= 0.6 is 0 Å². The predicted octanol–water partition coefficient (Wildman–Crippen LogP) is 0.923. The monoisotopic (exact) mass is 391 g/mol. The van der Waals surface area contributed by atoms with Crippen molar-refractivity contribution in [2.24, 2.45) is 0 Å². The van der Waals surface area contributed by atoms with Crippen LogP contribution in [0.4, 0.5) is 0 Å². The molecular weight excluding hydrogens is 358 g/mol. The van der Waals surface area contributed by atoms with E-state index in [2.05, 4.69) is 16.7 Å². The van der Waals surface area contributed by atoms with Gasteiger partial charge in [-0.25, -0.2) is 0 Å². The van der Waals surface area contributed by atoms with Crippen LogP contribution in [0, 0.1) is 0 Å². The highest BCUT2D eigenvalue weighted by atomic mass is 16.5. The molecular formula is C21H33N3O4. The molecule has 0 saturated carbocycles. The Labute approximate surface area is 167 Å². The van der Waals surface area contributed by atoms with E-state index in [-0.39, 0.29) is 24.2 Å². The van der Waals surface area contributed by atoms with Crippen molar-refractivity contribution >= 4 is 5.91 Å². The maximum Gasteiger partial charge on any atom is 0.257 e. The SMILES string of the molecule is COc1ccccc1C(=O)N1CCN(CC2CN(C(C)C(C)O)CCO2)CC1. The van der Waals surface area contributed by atoms with Crippen molar-refractivity contribution in [1.29, 1.82) is 0 Å². The number of rotatable bonds is 6. The van der Waals surface area contributed by atoms with Crippen LogP contribution in [-0.2, 0) is 4.74 Å². The Hall–Kier alpha value is -1.67. The minimum atomic E-state index is -0.344. The molecule has 0 spiro atoms. The zero-order valence-electron chi connectivity index (χ0n) is 17.2. The summed E-state index contributed by atoms with van der Waals surface area (Å²) in [5, 5.41) is 9.85. The molecule has 0 radical (unpaired) electrons. The topological polar surface area (TPSA) is 65.5 Å². The first kappa shape index (κ1) is 21.0. The van der Waals surface area contributed by atoms with Gasteiger partial charge in [-0.15, -0.1) is 0 Å². The predicted molar refractivity (Wildman–Crippen MR) is 108 cm³/mol. The molecule has 156 valence electrons. The molecule has 2 heterocycles. The molecule has 2 aliphatic heterocycles. The van der Waals surface area contributed by atoms with Gasteiger partial charge in [0.1, 0.15) is 5.75 Å². The maximum absolute atomic E-state index is 12.8. The van der Waals surface area contributed by atoms with Crippen molar-refractivity contribution in [3.63, 3.8) is 0 Å². The minimum absolute atomic E-state index is 0.0305. The lowest BCUT2D eigenvalue weighted by Gasteiger charge is -2.41. The average molecular weight is 392 g/mol. The third-order valence-electron chi connectivity index (χ3n) is 5.90. The molecule has 0 aliphatic carbocycles. The summed E-state index contributed by atoms with van der Waals surface area (Å²) in [5.74, 6) is 0.654. The summed E-state index contributed by atoms with van der Waals surface area (Å²) < 4.78 is 11.3. The minimum Gasteiger partial charge on any atom is -0.496 e. The zero-order valence-corrected chi connectivity index (χ0v) is 17.2. The van der Waals surface area contributed by atoms with Gasteiger partial charge >= 0.3 is 0 Å². The van der Waals surface area contributed by atoms with E-state index in [0.29, 0.717) is 31.0 Å². The Kier molecular flexibility index (Phi) is 7.29. The van der Waals surface area contributed by atoms with E-state index in [1.54, 1.807) is 7.11 Å². The van der Waals surface area contributed by atoms with Gasteiger partial charge in [0.05, 0.1) is 31.5 Å². The number of hydrogen-bond acceptors (Lipinski definition) is 6. The lowest BCUT2D eigenvalue weighted by Crippen LogP contribution is -2.55. The van der Waals surface area contributed by atoms with Crippen LogP contribution in [0.1, 0.15) is 24.2 Å². The number of aliphatic hydroxyl groups is 1. The first-order valence-corrected chi connectivity index (χ1v) is 10.2. The molecule has 0 aromatic heterocycles. The summed E-state index contributed by atoms with van der Waals surface area (Å²) in [6.07, 6.45) is -0.199. The molecule has 1 amide bonds. The molecule has 2 fully saturated rings. The average Bonchev–Trinajstić information content (AvgIpc) is 2.73. The molecule has 1 aromatic rings. The summed E-state index contributed by atoms with van der Waals surface area (Å²) in [5.41, 5.74) is 0.622. The van der Waals surface area contributed by atoms with Crippen LogP contribution in [-0.4, -0.2) is 103 Å². The van der Waals surface area contributed by atoms with Crippen LogP contribution in [0.15, 0.2) is 24.3 Å². The van der Waals surface area contributed by atoms with Crippen LogP contribution < -0.4 is 4.74 Å². The number of hydrogen-bond donors (Lipinski definition) is 1. The third-order valence-corrected chi connectivity index (χ3v) is 5.90. The van der Waals surface area contributed by atoms with Gasteiger partial charge in [-0.1, -0.05) is 12.1 Å². The van der Waals surface area contributed by atoms with E-state index < -0.39 is 0 Å². The van der Waals surface area contributed by atoms with Gasteiger partial charge in [-0.05, 0) is 26.0 Å². The number of ether oxygens (including phenoxy) is 2. The molecule has 3 rings (SSSR count). The summed E-state index contributed by atoms with van der Waals surface area (Å²) in [4.78, 5) is 19.4. The second kappa shape index (κ2) is 9.69. The molecule has 7 heteroatoms. The lowest BCUT2D eigenvalue weighted by molar-refractivity contribution is -0.0711. The van der Waals surface area contributed by atoms with Crippen LogP contribution in [0.3, 0.4) is 0 Å². The van der Waals surface area contributed by atoms with Gasteiger partial charge < -0.3 is 19.5 Å². The molecule has 1 aromatic carbocycles. The Morgan fingerprint density at radius 3 is 2.61 bits per heavy atom. The highest BCUT2D eigenvalue weighted by Gasteiger charge is 2.29. The Morgan fingerprint density at radius 1 is 1.21 bits per heavy atom. The fraction of sp³-hybridized carbons (Fsp3) is 0.667. The largest absolute Gasteiger partial charge is 0.496 e. The number of benzene rings is 1. The summed E-state index contributed by atoms with van der Waals surface area (Å²) in [7, 11) is 1.59. The number of carbonyl (C=O) groups excluding carboxylic acids is 1. The number of nitrogens with zero attached hydrogens (tertiary/aromatic N) is 3. The number of carbonyl (C=O) groups is 1. The smallest absolute Gasteiger partial charge is 0.257 e. The Balaban J connectivity index is 1.49. The molecule has 3 unspecified atom stereocenters. The van der Waals surface area contributed by atoms with Crippen LogP contribution in [0.25, 0.3) is 0 Å². The fourth-order valence-electron chi connectivity index (χ4n) is 3.94. The highest BCUT2D eigenvalue weighted by molar-refractivity contribution is 5.97. The summed E-state index contributed by atoms with van der Waals surface area (Å²) in [6.45, 7) is 10.3. The van der Waals surface area contributed by atoms with E-state index in [4.69, 9.17) is 9.47 Å². The lowest BCUT2D eigenvalue weighted by atomic mass is 10.1. The number of morpholine rings is 1. The van der Waals surface area contributed by atoms with Gasteiger partial charge in [-0.3, -0.25) is 14.6 Å². The van der Waals surface area contributed by atoms with E-state index in [9.17, 15) is 9.90 Å². The number of amides is 1.